The molecule has 0 bridgehead atoms. The Balaban J connectivity index is 1.35. The number of fused-ring (bicyclic) bond motifs is 3. The molecule has 3 aromatic rings. The average molecular weight is 341 g/mol. The third-order valence-corrected chi connectivity index (χ3v) is 5.68. The van der Waals surface area contributed by atoms with Crippen LogP contribution in [0.3, 0.4) is 0 Å². The Kier molecular flexibility index (Phi) is 4.04. The Labute approximate surface area is 154 Å². The third kappa shape index (κ3) is 2.74. The molecule has 0 saturated carbocycles. The van der Waals surface area contributed by atoms with Gasteiger partial charge in [-0.15, -0.1) is 0 Å². The van der Waals surface area contributed by atoms with Crippen molar-refractivity contribution in [2.45, 2.75) is 12.6 Å². The van der Waals surface area contributed by atoms with Crippen molar-refractivity contribution in [3.8, 4) is 11.1 Å². The van der Waals surface area contributed by atoms with Crippen LogP contribution in [-0.2, 0) is 6.54 Å². The second-order valence-electron chi connectivity index (χ2n) is 7.21. The van der Waals surface area contributed by atoms with Gasteiger partial charge in [0, 0.05) is 38.9 Å². The molecule has 0 amide bonds. The summed E-state index contributed by atoms with van der Waals surface area (Å²) in [4.78, 5) is 9.65. The van der Waals surface area contributed by atoms with E-state index in [-0.39, 0.29) is 0 Å². The highest BCUT2D eigenvalue weighted by atomic mass is 15.3. The van der Waals surface area contributed by atoms with Gasteiger partial charge < -0.3 is 0 Å². The van der Waals surface area contributed by atoms with E-state index < -0.39 is 0 Å². The van der Waals surface area contributed by atoms with Gasteiger partial charge in [0.15, 0.2) is 0 Å². The summed E-state index contributed by atoms with van der Waals surface area (Å²) in [6.45, 7) is 5.33. The van der Waals surface area contributed by atoms with Crippen molar-refractivity contribution >= 4 is 0 Å². The van der Waals surface area contributed by atoms with Gasteiger partial charge in [0.1, 0.15) is 0 Å². The van der Waals surface area contributed by atoms with Gasteiger partial charge in [-0.05, 0) is 34.4 Å². The molecule has 2 heterocycles. The van der Waals surface area contributed by atoms with Crippen LogP contribution in [0.4, 0.5) is 0 Å². The molecule has 2 aliphatic rings. The fraction of sp³-hybridized carbons (Fsp3) is 0.261. The highest BCUT2D eigenvalue weighted by Crippen LogP contribution is 2.46. The van der Waals surface area contributed by atoms with Gasteiger partial charge in [-0.2, -0.15) is 0 Å². The zero-order valence-electron chi connectivity index (χ0n) is 14.9. The lowest BCUT2D eigenvalue weighted by Crippen LogP contribution is -2.47. The van der Waals surface area contributed by atoms with Crippen LogP contribution in [0.25, 0.3) is 11.1 Å². The molecule has 2 aromatic carbocycles. The van der Waals surface area contributed by atoms with Crippen LogP contribution in [0.1, 0.15) is 22.9 Å². The number of rotatable bonds is 3. The van der Waals surface area contributed by atoms with E-state index in [1.165, 1.54) is 22.3 Å². The normalized spacial score (nSPS) is 17.8. The van der Waals surface area contributed by atoms with Crippen molar-refractivity contribution in [3.63, 3.8) is 0 Å². The molecule has 3 heteroatoms. The van der Waals surface area contributed by atoms with E-state index >= 15 is 0 Å². The summed E-state index contributed by atoms with van der Waals surface area (Å²) in [5.41, 5.74) is 6.91. The first-order valence-corrected chi connectivity index (χ1v) is 9.45. The Morgan fingerprint density at radius 2 is 1.35 bits per heavy atom. The standard InChI is InChI=1S/C23H23N3/c1-3-10-21-19(8-1)20-9-2-4-11-22(20)23(21)26-15-13-25(14-16-26)17-18-7-5-6-12-24-18/h1-12,23H,13-17H2. The van der Waals surface area contributed by atoms with E-state index in [4.69, 9.17) is 0 Å². The van der Waals surface area contributed by atoms with Crippen molar-refractivity contribution in [2.24, 2.45) is 0 Å². The molecule has 0 radical (unpaired) electrons. The maximum absolute atomic E-state index is 4.47. The van der Waals surface area contributed by atoms with Crippen LogP contribution in [0.2, 0.25) is 0 Å². The van der Waals surface area contributed by atoms with E-state index in [0.29, 0.717) is 6.04 Å². The second kappa shape index (κ2) is 6.67. The molecule has 0 N–H and O–H groups in total. The summed E-state index contributed by atoms with van der Waals surface area (Å²) in [6, 6.07) is 24.4. The molecule has 1 aliphatic heterocycles. The molecular formula is C23H23N3. The van der Waals surface area contributed by atoms with Crippen LogP contribution in [0.15, 0.2) is 72.9 Å². The van der Waals surface area contributed by atoms with Crippen LogP contribution < -0.4 is 0 Å². The number of hydrogen-bond acceptors (Lipinski definition) is 3. The lowest BCUT2D eigenvalue weighted by atomic mass is 10.0. The summed E-state index contributed by atoms with van der Waals surface area (Å²) in [7, 11) is 0. The van der Waals surface area contributed by atoms with E-state index in [9.17, 15) is 0 Å². The van der Waals surface area contributed by atoms with Gasteiger partial charge in [-0.1, -0.05) is 54.6 Å². The van der Waals surface area contributed by atoms with Crippen LogP contribution in [0.5, 0.6) is 0 Å². The molecule has 1 aromatic heterocycles. The van der Waals surface area contributed by atoms with Gasteiger partial charge in [0.05, 0.1) is 11.7 Å². The minimum atomic E-state index is 0.402. The number of benzene rings is 2. The first-order chi connectivity index (χ1) is 12.9. The molecule has 26 heavy (non-hydrogen) atoms. The van der Waals surface area contributed by atoms with Crippen molar-refractivity contribution in [1.29, 1.82) is 0 Å². The molecule has 0 spiro atoms. The largest absolute Gasteiger partial charge is 0.295 e. The van der Waals surface area contributed by atoms with Gasteiger partial charge in [0.2, 0.25) is 0 Å². The maximum Gasteiger partial charge on any atom is 0.0614 e. The van der Waals surface area contributed by atoms with Crippen molar-refractivity contribution in [2.75, 3.05) is 26.2 Å². The summed E-state index contributed by atoms with van der Waals surface area (Å²) in [6.07, 6.45) is 1.89. The molecule has 0 unspecified atom stereocenters. The molecular weight excluding hydrogens is 318 g/mol. The smallest absolute Gasteiger partial charge is 0.0614 e. The average Bonchev–Trinajstić information content (AvgIpc) is 3.04. The zero-order chi connectivity index (χ0) is 17.3. The number of pyridine rings is 1. The molecule has 1 saturated heterocycles. The molecule has 3 nitrogen and oxygen atoms in total. The second-order valence-corrected chi connectivity index (χ2v) is 7.21. The topological polar surface area (TPSA) is 19.4 Å². The summed E-state index contributed by atoms with van der Waals surface area (Å²) in [5.74, 6) is 0. The first kappa shape index (κ1) is 15.7. The molecule has 1 fully saturated rings. The highest BCUT2D eigenvalue weighted by molar-refractivity contribution is 5.78. The van der Waals surface area contributed by atoms with Crippen molar-refractivity contribution < 1.29 is 0 Å². The van der Waals surface area contributed by atoms with Gasteiger partial charge >= 0.3 is 0 Å². The Morgan fingerprint density at radius 1 is 0.731 bits per heavy atom. The van der Waals surface area contributed by atoms with E-state index in [0.717, 1.165) is 38.4 Å². The van der Waals surface area contributed by atoms with Crippen molar-refractivity contribution in [1.82, 2.24) is 14.8 Å². The van der Waals surface area contributed by atoms with E-state index in [1.807, 2.05) is 12.3 Å². The van der Waals surface area contributed by atoms with E-state index in [2.05, 4.69) is 75.4 Å². The zero-order valence-corrected chi connectivity index (χ0v) is 14.9. The number of piperazine rings is 1. The Hall–Kier alpha value is -2.49. The molecule has 1 aliphatic carbocycles. The Morgan fingerprint density at radius 3 is 1.96 bits per heavy atom. The van der Waals surface area contributed by atoms with Gasteiger partial charge in [0.25, 0.3) is 0 Å². The summed E-state index contributed by atoms with van der Waals surface area (Å²) in [5, 5.41) is 0. The molecule has 130 valence electrons. The monoisotopic (exact) mass is 341 g/mol. The quantitative estimate of drug-likeness (QED) is 0.719. The fourth-order valence-corrected chi connectivity index (χ4v) is 4.42. The minimum absolute atomic E-state index is 0.402. The Bertz CT molecular complexity index is 853. The lowest BCUT2D eigenvalue weighted by Gasteiger charge is -2.38. The first-order valence-electron chi connectivity index (χ1n) is 9.45. The number of aromatic nitrogens is 1. The number of nitrogens with zero attached hydrogens (tertiary/aromatic N) is 3. The summed E-state index contributed by atoms with van der Waals surface area (Å²) >= 11 is 0. The van der Waals surface area contributed by atoms with Gasteiger partial charge in [-0.3, -0.25) is 14.8 Å². The number of hydrogen-bond donors (Lipinski definition) is 0. The summed E-state index contributed by atoms with van der Waals surface area (Å²) < 4.78 is 0. The molecule has 5 rings (SSSR count). The molecule has 0 atom stereocenters. The SMILES string of the molecule is c1ccc(CN2CCN(C3c4ccccc4-c4ccccc43)CC2)nc1. The van der Waals surface area contributed by atoms with Crippen LogP contribution in [-0.4, -0.2) is 41.0 Å². The lowest BCUT2D eigenvalue weighted by molar-refractivity contribution is 0.105. The van der Waals surface area contributed by atoms with Gasteiger partial charge in [-0.25, -0.2) is 0 Å². The van der Waals surface area contributed by atoms with Crippen molar-refractivity contribution in [3.05, 3.63) is 89.7 Å². The maximum atomic E-state index is 4.47. The van der Waals surface area contributed by atoms with E-state index in [1.54, 1.807) is 0 Å². The predicted molar refractivity (Wildman–Crippen MR) is 105 cm³/mol. The minimum Gasteiger partial charge on any atom is -0.295 e. The predicted octanol–water partition coefficient (Wildman–Crippen LogP) is 3.97. The van der Waals surface area contributed by atoms with Crippen LogP contribution in [0, 0.1) is 0 Å². The van der Waals surface area contributed by atoms with Crippen LogP contribution >= 0.6 is 0 Å². The third-order valence-electron chi connectivity index (χ3n) is 5.68. The highest BCUT2D eigenvalue weighted by Gasteiger charge is 2.34. The fourth-order valence-electron chi connectivity index (χ4n) is 4.42.